The summed E-state index contributed by atoms with van der Waals surface area (Å²) in [4.78, 5) is 0. The third-order valence-corrected chi connectivity index (χ3v) is 4.23. The molecule has 0 amide bonds. The Kier molecular flexibility index (Phi) is 1.94. The van der Waals surface area contributed by atoms with Gasteiger partial charge in [0.25, 0.3) is 0 Å². The number of hydrogen-bond donors (Lipinski definition) is 0. The van der Waals surface area contributed by atoms with Crippen molar-refractivity contribution in [1.82, 2.24) is 0 Å². The van der Waals surface area contributed by atoms with Crippen LogP contribution in [0.3, 0.4) is 0 Å². The van der Waals surface area contributed by atoms with Crippen molar-refractivity contribution in [2.75, 3.05) is 0 Å². The molecule has 3 rings (SSSR count). The van der Waals surface area contributed by atoms with E-state index in [0.29, 0.717) is 0 Å². The third kappa shape index (κ3) is 1.24. The molecule has 2 nitrogen and oxygen atoms in total. The van der Waals surface area contributed by atoms with Crippen LogP contribution in [0.15, 0.2) is 0 Å². The largest absolute Gasteiger partial charge is 0.307 e. The van der Waals surface area contributed by atoms with Gasteiger partial charge in [-0.25, -0.2) is 0 Å². The summed E-state index contributed by atoms with van der Waals surface area (Å²) < 4.78 is 11.2. The number of rotatable bonds is 4. The zero-order chi connectivity index (χ0) is 9.65. The monoisotopic (exact) mass is 196 g/mol. The smallest absolute Gasteiger partial charge is 0.229 e. The summed E-state index contributed by atoms with van der Waals surface area (Å²) in [5.74, 6) is 0.780. The van der Waals surface area contributed by atoms with Gasteiger partial charge in [0.1, 0.15) is 0 Å². The van der Waals surface area contributed by atoms with E-state index in [4.69, 9.17) is 9.47 Å². The zero-order valence-electron chi connectivity index (χ0n) is 9.05. The molecule has 14 heavy (non-hydrogen) atoms. The average Bonchev–Trinajstić information content (AvgIpc) is 3.02. The van der Waals surface area contributed by atoms with Crippen molar-refractivity contribution in [1.29, 1.82) is 0 Å². The van der Waals surface area contributed by atoms with Gasteiger partial charge < -0.3 is 9.47 Å². The maximum absolute atomic E-state index is 5.60. The van der Waals surface area contributed by atoms with Gasteiger partial charge in [-0.2, -0.15) is 0 Å². The molecule has 2 heteroatoms. The summed E-state index contributed by atoms with van der Waals surface area (Å²) in [6.07, 6.45) is 10.7. The van der Waals surface area contributed by atoms with Gasteiger partial charge in [0, 0.05) is 12.8 Å². The van der Waals surface area contributed by atoms with E-state index < -0.39 is 0 Å². The van der Waals surface area contributed by atoms with E-state index in [2.05, 4.69) is 6.92 Å². The van der Waals surface area contributed by atoms with E-state index in [0.717, 1.165) is 18.8 Å². The molecule has 0 bridgehead atoms. The Morgan fingerprint density at radius 3 is 2.36 bits per heavy atom. The molecule has 0 atom stereocenters. The number of hydrogen-bond acceptors (Lipinski definition) is 2. The summed E-state index contributed by atoms with van der Waals surface area (Å²) in [5, 5.41) is 0. The molecule has 0 aromatic rings. The maximum Gasteiger partial charge on any atom is 0.229 e. The van der Waals surface area contributed by atoms with Crippen LogP contribution in [-0.4, -0.2) is 11.6 Å². The molecule has 3 fully saturated rings. The predicted octanol–water partition coefficient (Wildman–Crippen LogP) is 3.21. The van der Waals surface area contributed by atoms with Crippen molar-refractivity contribution in [2.24, 2.45) is 5.92 Å². The summed E-state index contributed by atoms with van der Waals surface area (Å²) in [6, 6.07) is 0. The Labute approximate surface area is 86.0 Å². The SMILES string of the molecule is CCC12OC1(CCC1CCCCC1)O2. The predicted molar refractivity (Wildman–Crippen MR) is 53.7 cm³/mol. The fourth-order valence-electron chi connectivity index (χ4n) is 3.07. The van der Waals surface area contributed by atoms with Gasteiger partial charge in [-0.05, 0) is 12.3 Å². The van der Waals surface area contributed by atoms with Crippen LogP contribution in [0, 0.1) is 5.92 Å². The second-order valence-electron chi connectivity index (χ2n) is 5.11. The molecule has 2 heterocycles. The molecule has 0 aromatic carbocycles. The molecule has 80 valence electrons. The molecule has 2 aliphatic heterocycles. The van der Waals surface area contributed by atoms with Crippen molar-refractivity contribution in [3.8, 4) is 0 Å². The Hall–Kier alpha value is -0.0800. The minimum absolute atomic E-state index is 0.0841. The molecule has 1 saturated carbocycles. The quantitative estimate of drug-likeness (QED) is 0.645. The van der Waals surface area contributed by atoms with Crippen molar-refractivity contribution >= 4 is 0 Å². The third-order valence-electron chi connectivity index (χ3n) is 4.23. The molecule has 3 aliphatic rings. The standard InChI is InChI=1S/C12H20O2/c1-2-11-12(13-11,14-11)9-8-10-6-4-3-5-7-10/h10H,2-9H2,1H3. The van der Waals surface area contributed by atoms with E-state index in [1.807, 2.05) is 0 Å². The Balaban J connectivity index is 1.43. The van der Waals surface area contributed by atoms with Crippen molar-refractivity contribution < 1.29 is 9.47 Å². The maximum atomic E-state index is 5.60. The first kappa shape index (κ1) is 9.17. The normalized spacial score (nSPS) is 46.1. The number of epoxide rings is 2. The Morgan fingerprint density at radius 1 is 1.07 bits per heavy atom. The fraction of sp³-hybridized carbons (Fsp3) is 1.00. The highest BCUT2D eigenvalue weighted by molar-refractivity contribution is 5.16. The van der Waals surface area contributed by atoms with Gasteiger partial charge >= 0.3 is 0 Å². The van der Waals surface area contributed by atoms with Crippen LogP contribution in [0.25, 0.3) is 0 Å². The summed E-state index contributed by atoms with van der Waals surface area (Å²) in [5.41, 5.74) is 0. The van der Waals surface area contributed by atoms with Crippen molar-refractivity contribution in [3.05, 3.63) is 0 Å². The van der Waals surface area contributed by atoms with Gasteiger partial charge in [0.15, 0.2) is 0 Å². The molecule has 0 radical (unpaired) electrons. The van der Waals surface area contributed by atoms with E-state index in [1.54, 1.807) is 0 Å². The average molecular weight is 196 g/mol. The molecule has 0 N–H and O–H groups in total. The summed E-state index contributed by atoms with van der Waals surface area (Å²) in [7, 11) is 0. The first-order chi connectivity index (χ1) is 6.80. The number of fused-ring (bicyclic) bond motifs is 1. The van der Waals surface area contributed by atoms with E-state index in [9.17, 15) is 0 Å². The molecule has 0 aromatic heterocycles. The van der Waals surface area contributed by atoms with Crippen LogP contribution >= 0.6 is 0 Å². The molecular weight excluding hydrogens is 176 g/mol. The molecule has 2 saturated heterocycles. The lowest BCUT2D eigenvalue weighted by Crippen LogP contribution is -2.09. The van der Waals surface area contributed by atoms with Crippen LogP contribution in [0.4, 0.5) is 0 Å². The van der Waals surface area contributed by atoms with Crippen molar-refractivity contribution in [3.63, 3.8) is 0 Å². The van der Waals surface area contributed by atoms with Crippen LogP contribution in [0.5, 0.6) is 0 Å². The van der Waals surface area contributed by atoms with Crippen molar-refractivity contribution in [2.45, 2.75) is 69.9 Å². The topological polar surface area (TPSA) is 25.1 Å². The Morgan fingerprint density at radius 2 is 1.79 bits per heavy atom. The van der Waals surface area contributed by atoms with Gasteiger partial charge in [0.2, 0.25) is 11.6 Å². The minimum Gasteiger partial charge on any atom is -0.307 e. The van der Waals surface area contributed by atoms with E-state index in [1.165, 1.54) is 38.5 Å². The highest BCUT2D eigenvalue weighted by atomic mass is 17.0. The van der Waals surface area contributed by atoms with E-state index in [-0.39, 0.29) is 11.6 Å². The van der Waals surface area contributed by atoms with E-state index >= 15 is 0 Å². The highest BCUT2D eigenvalue weighted by Crippen LogP contribution is 2.71. The summed E-state index contributed by atoms with van der Waals surface area (Å²) in [6.45, 7) is 2.15. The molecule has 1 aliphatic carbocycles. The fourth-order valence-corrected chi connectivity index (χ4v) is 3.07. The van der Waals surface area contributed by atoms with Crippen LogP contribution in [-0.2, 0) is 9.47 Å². The van der Waals surface area contributed by atoms with Crippen LogP contribution < -0.4 is 0 Å². The first-order valence-electron chi connectivity index (χ1n) is 6.21. The first-order valence-corrected chi connectivity index (χ1v) is 6.21. The lowest BCUT2D eigenvalue weighted by molar-refractivity contribution is -0.101. The van der Waals surface area contributed by atoms with Gasteiger partial charge in [-0.1, -0.05) is 39.0 Å². The molecule has 0 unspecified atom stereocenters. The Bertz CT molecular complexity index is 224. The van der Waals surface area contributed by atoms with Gasteiger partial charge in [-0.3, -0.25) is 0 Å². The molecule has 0 spiro atoms. The second-order valence-corrected chi connectivity index (χ2v) is 5.11. The summed E-state index contributed by atoms with van der Waals surface area (Å²) >= 11 is 0. The second kappa shape index (κ2) is 2.96. The molecular formula is C12H20O2. The van der Waals surface area contributed by atoms with Crippen LogP contribution in [0.1, 0.15) is 58.3 Å². The highest BCUT2D eigenvalue weighted by Gasteiger charge is 2.89. The lowest BCUT2D eigenvalue weighted by atomic mass is 9.85. The number of ether oxygens (including phenoxy) is 2. The van der Waals surface area contributed by atoms with Gasteiger partial charge in [0.05, 0.1) is 0 Å². The van der Waals surface area contributed by atoms with Crippen LogP contribution in [0.2, 0.25) is 0 Å². The van der Waals surface area contributed by atoms with Gasteiger partial charge in [-0.15, -0.1) is 0 Å². The zero-order valence-corrected chi connectivity index (χ0v) is 9.05. The minimum atomic E-state index is -0.0956. The lowest BCUT2D eigenvalue weighted by Gasteiger charge is -2.21.